The highest BCUT2D eigenvalue weighted by Gasteiger charge is 2.32. The van der Waals surface area contributed by atoms with E-state index in [-0.39, 0.29) is 12.2 Å². The van der Waals surface area contributed by atoms with Gasteiger partial charge in [-0.1, -0.05) is 18.2 Å². The fraction of sp³-hybridized carbons (Fsp3) is 0.364. The Kier molecular flexibility index (Phi) is 10.4. The number of H-pyrrole nitrogens is 1. The topological polar surface area (TPSA) is 241 Å². The molecule has 0 radical (unpaired) electrons. The summed E-state index contributed by atoms with van der Waals surface area (Å²) in [6, 6.07) is 1.13. The molecule has 0 aliphatic rings. The average Bonchev–Trinajstić information content (AvgIpc) is 3.24. The molecule has 2 aromatic rings. The van der Waals surface area contributed by atoms with Gasteiger partial charge in [0.1, 0.15) is 18.1 Å². The number of aliphatic carboxylic acids is 3. The van der Waals surface area contributed by atoms with Crippen LogP contribution >= 0.6 is 12.6 Å². The van der Waals surface area contributed by atoms with E-state index < -0.39 is 72.6 Å². The number of carbonyl (C=O) groups is 6. The summed E-state index contributed by atoms with van der Waals surface area (Å²) in [7, 11) is 0. The van der Waals surface area contributed by atoms with Gasteiger partial charge in [-0.2, -0.15) is 12.6 Å². The van der Waals surface area contributed by atoms with E-state index >= 15 is 0 Å². The van der Waals surface area contributed by atoms with Crippen LogP contribution in [-0.4, -0.2) is 85.9 Å². The first kappa shape index (κ1) is 29.1. The van der Waals surface area contributed by atoms with Gasteiger partial charge in [0.05, 0.1) is 18.9 Å². The molecule has 3 amide bonds. The smallest absolute Gasteiger partial charge is 0.326 e. The Hall–Kier alpha value is -4.11. The monoisotopic (exact) mass is 537 g/mol. The number of nitrogens with two attached hydrogens (primary N) is 1. The first-order valence-corrected chi connectivity index (χ1v) is 11.5. The van der Waals surface area contributed by atoms with E-state index in [2.05, 4.69) is 28.2 Å². The van der Waals surface area contributed by atoms with Crippen LogP contribution < -0.4 is 21.7 Å². The van der Waals surface area contributed by atoms with Crippen LogP contribution in [0.15, 0.2) is 30.5 Å². The Morgan fingerprint density at radius 3 is 1.97 bits per heavy atom. The van der Waals surface area contributed by atoms with Crippen molar-refractivity contribution in [2.45, 2.75) is 43.4 Å². The minimum absolute atomic E-state index is 0.0303. The summed E-state index contributed by atoms with van der Waals surface area (Å²) < 4.78 is 0. The van der Waals surface area contributed by atoms with E-state index in [9.17, 15) is 33.9 Å². The molecule has 0 aliphatic heterocycles. The predicted octanol–water partition coefficient (Wildman–Crippen LogP) is -1.54. The fourth-order valence-corrected chi connectivity index (χ4v) is 3.56. The lowest BCUT2D eigenvalue weighted by molar-refractivity contribution is -0.148. The number of fused-ring (bicyclic) bond motifs is 1. The van der Waals surface area contributed by atoms with E-state index in [4.69, 9.17) is 15.9 Å². The molecular formula is C22H27N5O9S. The van der Waals surface area contributed by atoms with Crippen molar-refractivity contribution in [3.05, 3.63) is 36.0 Å². The van der Waals surface area contributed by atoms with Crippen molar-refractivity contribution in [3.8, 4) is 0 Å². The number of aromatic nitrogens is 1. The van der Waals surface area contributed by atoms with E-state index in [0.717, 1.165) is 10.9 Å². The van der Waals surface area contributed by atoms with E-state index in [0.29, 0.717) is 5.56 Å². The Labute approximate surface area is 215 Å². The minimum Gasteiger partial charge on any atom is -0.481 e. The number of amides is 3. The van der Waals surface area contributed by atoms with Gasteiger partial charge in [0.25, 0.3) is 0 Å². The summed E-state index contributed by atoms with van der Waals surface area (Å²) in [5.41, 5.74) is 7.08. The number of nitrogens with one attached hydrogen (secondary N) is 4. The third-order valence-corrected chi connectivity index (χ3v) is 5.66. The van der Waals surface area contributed by atoms with Crippen molar-refractivity contribution in [2.75, 3.05) is 5.75 Å². The number of carboxylic acid groups (broad SMARTS) is 3. The fourth-order valence-electron chi connectivity index (χ4n) is 3.39. The quantitative estimate of drug-likeness (QED) is 0.126. The molecule has 0 saturated carbocycles. The van der Waals surface area contributed by atoms with Crippen LogP contribution in [0.25, 0.3) is 10.9 Å². The number of carboxylic acids is 3. The van der Waals surface area contributed by atoms with Gasteiger partial charge in [-0.05, 0) is 11.6 Å². The van der Waals surface area contributed by atoms with Crippen molar-refractivity contribution in [1.82, 2.24) is 20.9 Å². The SMILES string of the molecule is NC(CS)C(=O)NC(Cc1c[nH]c2ccccc12)C(=O)NC(CC(=O)O)C(=O)NC(CC(=O)O)C(=O)O. The van der Waals surface area contributed by atoms with Crippen molar-refractivity contribution >= 4 is 59.2 Å². The number of rotatable bonds is 14. The number of para-hydroxylation sites is 1. The van der Waals surface area contributed by atoms with Gasteiger partial charge in [-0.3, -0.25) is 24.0 Å². The molecule has 4 unspecified atom stereocenters. The van der Waals surface area contributed by atoms with Gasteiger partial charge >= 0.3 is 17.9 Å². The second kappa shape index (κ2) is 13.3. The van der Waals surface area contributed by atoms with Crippen LogP contribution in [0.3, 0.4) is 0 Å². The summed E-state index contributed by atoms with van der Waals surface area (Å²) >= 11 is 3.96. The zero-order valence-electron chi connectivity index (χ0n) is 19.3. The molecule has 1 aromatic carbocycles. The molecule has 200 valence electrons. The van der Waals surface area contributed by atoms with Crippen LogP contribution in [0.5, 0.6) is 0 Å². The zero-order valence-corrected chi connectivity index (χ0v) is 20.2. The molecule has 37 heavy (non-hydrogen) atoms. The number of thiol groups is 1. The van der Waals surface area contributed by atoms with E-state index in [1.165, 1.54) is 0 Å². The number of hydrogen-bond acceptors (Lipinski definition) is 8. The van der Waals surface area contributed by atoms with Crippen LogP contribution in [0.2, 0.25) is 0 Å². The van der Waals surface area contributed by atoms with Gasteiger partial charge < -0.3 is 42.0 Å². The molecule has 0 saturated heterocycles. The van der Waals surface area contributed by atoms with Crippen LogP contribution in [-0.2, 0) is 35.2 Å². The molecule has 0 bridgehead atoms. The molecule has 1 aromatic heterocycles. The molecule has 2 rings (SSSR count). The first-order chi connectivity index (χ1) is 17.4. The van der Waals surface area contributed by atoms with Gasteiger partial charge in [-0.25, -0.2) is 4.79 Å². The largest absolute Gasteiger partial charge is 0.481 e. The van der Waals surface area contributed by atoms with Gasteiger partial charge in [0.15, 0.2) is 0 Å². The summed E-state index contributed by atoms with van der Waals surface area (Å²) in [5, 5.41) is 34.6. The molecule has 0 fully saturated rings. The predicted molar refractivity (Wildman–Crippen MR) is 132 cm³/mol. The molecular weight excluding hydrogens is 510 g/mol. The lowest BCUT2D eigenvalue weighted by atomic mass is 10.0. The third-order valence-electron chi connectivity index (χ3n) is 5.27. The lowest BCUT2D eigenvalue weighted by Crippen LogP contribution is -2.58. The van der Waals surface area contributed by atoms with Crippen molar-refractivity contribution in [3.63, 3.8) is 0 Å². The third kappa shape index (κ3) is 8.50. The minimum atomic E-state index is -1.87. The van der Waals surface area contributed by atoms with Crippen LogP contribution in [0.1, 0.15) is 18.4 Å². The number of aromatic amines is 1. The Morgan fingerprint density at radius 1 is 0.838 bits per heavy atom. The summed E-state index contributed by atoms with van der Waals surface area (Å²) in [5.74, 6) is -7.61. The summed E-state index contributed by atoms with van der Waals surface area (Å²) in [4.78, 5) is 74.8. The van der Waals surface area contributed by atoms with Crippen LogP contribution in [0.4, 0.5) is 0 Å². The average molecular weight is 538 g/mol. The highest BCUT2D eigenvalue weighted by Crippen LogP contribution is 2.19. The highest BCUT2D eigenvalue weighted by molar-refractivity contribution is 7.80. The number of carbonyl (C=O) groups excluding carboxylic acids is 3. The second-order valence-corrected chi connectivity index (χ2v) is 8.44. The Morgan fingerprint density at radius 2 is 1.38 bits per heavy atom. The first-order valence-electron chi connectivity index (χ1n) is 10.9. The molecule has 15 heteroatoms. The van der Waals surface area contributed by atoms with Gasteiger partial charge in [-0.15, -0.1) is 0 Å². The maximum atomic E-state index is 13.2. The molecule has 0 aliphatic carbocycles. The second-order valence-electron chi connectivity index (χ2n) is 8.07. The summed E-state index contributed by atoms with van der Waals surface area (Å²) in [6.07, 6.45) is -0.365. The number of hydrogen-bond donors (Lipinski definition) is 9. The maximum absolute atomic E-state index is 13.2. The molecule has 14 nitrogen and oxygen atoms in total. The van der Waals surface area contributed by atoms with Gasteiger partial charge in [0, 0.05) is 29.3 Å². The van der Waals surface area contributed by atoms with Crippen molar-refractivity contribution in [2.24, 2.45) is 5.73 Å². The summed E-state index contributed by atoms with van der Waals surface area (Å²) in [6.45, 7) is 0. The Balaban J connectivity index is 2.30. The molecule has 1 heterocycles. The Bertz CT molecular complexity index is 1180. The van der Waals surface area contributed by atoms with Crippen molar-refractivity contribution < 1.29 is 44.1 Å². The van der Waals surface area contributed by atoms with E-state index in [1.807, 2.05) is 5.32 Å². The highest BCUT2D eigenvalue weighted by atomic mass is 32.1. The number of benzene rings is 1. The molecule has 9 N–H and O–H groups in total. The van der Waals surface area contributed by atoms with Crippen molar-refractivity contribution in [1.29, 1.82) is 0 Å². The lowest BCUT2D eigenvalue weighted by Gasteiger charge is -2.24. The normalized spacial score (nSPS) is 14.1. The zero-order chi connectivity index (χ0) is 27.7. The van der Waals surface area contributed by atoms with Crippen LogP contribution in [0, 0.1) is 0 Å². The molecule has 4 atom stereocenters. The van der Waals surface area contributed by atoms with Gasteiger partial charge in [0.2, 0.25) is 17.7 Å². The maximum Gasteiger partial charge on any atom is 0.326 e. The molecule has 0 spiro atoms. The van der Waals surface area contributed by atoms with E-state index in [1.54, 1.807) is 30.5 Å². The standard InChI is InChI=1S/C22H27N5O9S/c23-12(9-37)19(32)25-14(5-10-8-24-13-4-2-1-3-11(10)13)20(33)26-15(6-17(28)29)21(34)27-16(22(35)36)7-18(30)31/h1-4,8,12,14-16,24,37H,5-7,9,23H2,(H,25,32)(H,26,33)(H,27,34)(H,28,29)(H,30,31)(H,35,36).